The Morgan fingerprint density at radius 1 is 1.40 bits per heavy atom. The smallest absolute Gasteiger partial charge is 0.147 e. The highest BCUT2D eigenvalue weighted by atomic mass is 79.9. The molecule has 0 radical (unpaired) electrons. The fraction of sp³-hybridized carbons (Fsp3) is 0.444. The monoisotopic (exact) mass is 311 g/mol. The zero-order valence-electron chi connectivity index (χ0n) is 8.04. The van der Waals surface area contributed by atoms with Crippen LogP contribution in [0.3, 0.4) is 0 Å². The van der Waals surface area contributed by atoms with Crippen molar-refractivity contribution in [3.63, 3.8) is 0 Å². The molecule has 3 nitrogen and oxygen atoms in total. The summed E-state index contributed by atoms with van der Waals surface area (Å²) in [6.07, 6.45) is 1.78. The minimum absolute atomic E-state index is 0. The first kappa shape index (κ1) is 13.0. The molecule has 84 valence electrons. The molecule has 0 atom stereocenters. The quantitative estimate of drug-likeness (QED) is 0.862. The van der Waals surface area contributed by atoms with E-state index in [9.17, 15) is 0 Å². The van der Waals surface area contributed by atoms with Crippen molar-refractivity contribution >= 4 is 45.8 Å². The van der Waals surface area contributed by atoms with Crippen LogP contribution in [0, 0.1) is 0 Å². The minimum Gasteiger partial charge on any atom is -0.353 e. The minimum atomic E-state index is 0. The van der Waals surface area contributed by atoms with Gasteiger partial charge in [0, 0.05) is 36.8 Å². The second-order valence-corrected chi connectivity index (χ2v) is 4.52. The molecule has 1 aliphatic rings. The van der Waals surface area contributed by atoms with Crippen molar-refractivity contribution in [1.29, 1.82) is 0 Å². The third-order valence-corrected chi connectivity index (χ3v) is 2.92. The van der Waals surface area contributed by atoms with Gasteiger partial charge in [0.25, 0.3) is 0 Å². The average molecular weight is 313 g/mol. The van der Waals surface area contributed by atoms with Gasteiger partial charge in [0.1, 0.15) is 5.82 Å². The van der Waals surface area contributed by atoms with Crippen LogP contribution in [-0.4, -0.2) is 31.2 Å². The van der Waals surface area contributed by atoms with Gasteiger partial charge in [-0.05, 0) is 22.0 Å². The molecule has 0 aromatic carbocycles. The van der Waals surface area contributed by atoms with Gasteiger partial charge >= 0.3 is 0 Å². The van der Waals surface area contributed by atoms with Crippen molar-refractivity contribution in [3.8, 4) is 0 Å². The van der Waals surface area contributed by atoms with Crippen molar-refractivity contribution in [2.75, 3.05) is 31.1 Å². The number of nitrogens with zero attached hydrogens (tertiary/aromatic N) is 2. The summed E-state index contributed by atoms with van der Waals surface area (Å²) in [6, 6.07) is 1.88. The average Bonchev–Trinajstić information content (AvgIpc) is 2.19. The first-order valence-electron chi connectivity index (χ1n) is 4.54. The van der Waals surface area contributed by atoms with Gasteiger partial charge in [-0.2, -0.15) is 0 Å². The highest BCUT2D eigenvalue weighted by Gasteiger charge is 2.14. The number of anilines is 1. The number of piperazine rings is 1. The van der Waals surface area contributed by atoms with Crippen LogP contribution >= 0.6 is 39.9 Å². The number of halogens is 3. The van der Waals surface area contributed by atoms with E-state index in [4.69, 9.17) is 11.6 Å². The molecule has 0 aliphatic carbocycles. The molecule has 0 unspecified atom stereocenters. The van der Waals surface area contributed by atoms with Crippen LogP contribution in [0.15, 0.2) is 16.7 Å². The molecule has 1 aromatic heterocycles. The molecular formula is C9H12BrCl2N3. The lowest BCUT2D eigenvalue weighted by Crippen LogP contribution is -2.44. The Bertz CT molecular complexity index is 329. The number of pyridine rings is 1. The maximum Gasteiger partial charge on any atom is 0.147 e. The number of hydrogen-bond acceptors (Lipinski definition) is 3. The molecule has 15 heavy (non-hydrogen) atoms. The van der Waals surface area contributed by atoms with Crippen LogP contribution in [0.4, 0.5) is 5.82 Å². The lowest BCUT2D eigenvalue weighted by Gasteiger charge is -2.28. The molecule has 2 rings (SSSR count). The van der Waals surface area contributed by atoms with E-state index < -0.39 is 0 Å². The van der Waals surface area contributed by atoms with Crippen LogP contribution in [-0.2, 0) is 0 Å². The molecule has 1 aromatic rings. The van der Waals surface area contributed by atoms with Crippen LogP contribution in [0.25, 0.3) is 0 Å². The second-order valence-electron chi connectivity index (χ2n) is 3.20. The summed E-state index contributed by atoms with van der Waals surface area (Å²) < 4.78 is 0.918. The van der Waals surface area contributed by atoms with Crippen molar-refractivity contribution in [2.45, 2.75) is 0 Å². The molecule has 0 saturated carbocycles. The van der Waals surface area contributed by atoms with E-state index in [1.54, 1.807) is 6.20 Å². The van der Waals surface area contributed by atoms with Crippen molar-refractivity contribution in [2.24, 2.45) is 0 Å². The van der Waals surface area contributed by atoms with Gasteiger partial charge in [0.15, 0.2) is 0 Å². The summed E-state index contributed by atoms with van der Waals surface area (Å²) in [4.78, 5) is 6.52. The molecule has 1 aliphatic heterocycles. The van der Waals surface area contributed by atoms with Crippen LogP contribution in [0.2, 0.25) is 5.02 Å². The highest BCUT2D eigenvalue weighted by Crippen LogP contribution is 2.26. The van der Waals surface area contributed by atoms with E-state index in [2.05, 4.69) is 31.1 Å². The summed E-state index contributed by atoms with van der Waals surface area (Å²) in [6.45, 7) is 3.92. The summed E-state index contributed by atoms with van der Waals surface area (Å²) in [5, 5.41) is 4.00. The van der Waals surface area contributed by atoms with Gasteiger partial charge < -0.3 is 10.2 Å². The van der Waals surface area contributed by atoms with Crippen LogP contribution in [0.1, 0.15) is 0 Å². The maximum atomic E-state index is 6.11. The van der Waals surface area contributed by atoms with E-state index in [0.717, 1.165) is 36.5 Å². The molecule has 0 bridgehead atoms. The maximum absolute atomic E-state index is 6.11. The third kappa shape index (κ3) is 3.21. The van der Waals surface area contributed by atoms with Crippen molar-refractivity contribution < 1.29 is 0 Å². The Labute approximate surface area is 109 Å². The van der Waals surface area contributed by atoms with E-state index in [1.165, 1.54) is 0 Å². The van der Waals surface area contributed by atoms with Crippen molar-refractivity contribution in [3.05, 3.63) is 21.8 Å². The zero-order chi connectivity index (χ0) is 9.97. The molecule has 1 fully saturated rings. The van der Waals surface area contributed by atoms with Crippen molar-refractivity contribution in [1.82, 2.24) is 10.3 Å². The van der Waals surface area contributed by atoms with Gasteiger partial charge in [0.05, 0.1) is 5.02 Å². The molecular weight excluding hydrogens is 301 g/mol. The Balaban J connectivity index is 0.00000112. The van der Waals surface area contributed by atoms with Gasteiger partial charge in [-0.15, -0.1) is 12.4 Å². The Morgan fingerprint density at radius 3 is 2.67 bits per heavy atom. The standard InChI is InChI=1S/C9H11BrClN3.ClH/c10-7-5-8(11)9(13-6-7)14-3-1-12-2-4-14;/h5-6,12H,1-4H2;1H. The number of rotatable bonds is 1. The number of aromatic nitrogens is 1. The molecule has 1 saturated heterocycles. The van der Waals surface area contributed by atoms with E-state index in [1.807, 2.05) is 6.07 Å². The van der Waals surface area contributed by atoms with Gasteiger partial charge in [-0.1, -0.05) is 11.6 Å². The van der Waals surface area contributed by atoms with Crippen LogP contribution in [0.5, 0.6) is 0 Å². The van der Waals surface area contributed by atoms with Gasteiger partial charge in [-0.25, -0.2) is 4.98 Å². The van der Waals surface area contributed by atoms with E-state index >= 15 is 0 Å². The summed E-state index contributed by atoms with van der Waals surface area (Å²) in [5.41, 5.74) is 0. The number of nitrogens with one attached hydrogen (secondary N) is 1. The second kappa shape index (κ2) is 5.89. The predicted octanol–water partition coefficient (Wildman–Crippen LogP) is 2.33. The summed E-state index contributed by atoms with van der Waals surface area (Å²) in [5.74, 6) is 0.886. The first-order chi connectivity index (χ1) is 6.77. The molecule has 0 spiro atoms. The highest BCUT2D eigenvalue weighted by molar-refractivity contribution is 9.10. The largest absolute Gasteiger partial charge is 0.353 e. The lowest BCUT2D eigenvalue weighted by atomic mass is 10.3. The lowest BCUT2D eigenvalue weighted by molar-refractivity contribution is 0.585. The molecule has 0 amide bonds. The molecule has 2 heterocycles. The predicted molar refractivity (Wildman–Crippen MR) is 69.3 cm³/mol. The zero-order valence-corrected chi connectivity index (χ0v) is 11.2. The third-order valence-electron chi connectivity index (χ3n) is 2.20. The Kier molecular flexibility index (Phi) is 5.12. The summed E-state index contributed by atoms with van der Waals surface area (Å²) in [7, 11) is 0. The normalized spacial score (nSPS) is 16.0. The van der Waals surface area contributed by atoms with Crippen LogP contribution < -0.4 is 10.2 Å². The summed E-state index contributed by atoms with van der Waals surface area (Å²) >= 11 is 9.45. The fourth-order valence-corrected chi connectivity index (χ4v) is 2.27. The number of hydrogen-bond donors (Lipinski definition) is 1. The van der Waals surface area contributed by atoms with Gasteiger partial charge in [0.2, 0.25) is 0 Å². The SMILES string of the molecule is Cl.Clc1cc(Br)cnc1N1CCNCC1. The Hall–Kier alpha value is -0.0300. The molecule has 6 heteroatoms. The fourth-order valence-electron chi connectivity index (χ4n) is 1.52. The topological polar surface area (TPSA) is 28.2 Å². The molecule has 1 N–H and O–H groups in total. The van der Waals surface area contributed by atoms with E-state index in [0.29, 0.717) is 5.02 Å². The Morgan fingerprint density at radius 2 is 2.07 bits per heavy atom. The van der Waals surface area contributed by atoms with E-state index in [-0.39, 0.29) is 12.4 Å². The first-order valence-corrected chi connectivity index (χ1v) is 5.71. The van der Waals surface area contributed by atoms with Gasteiger partial charge in [-0.3, -0.25) is 0 Å².